The molecule has 0 radical (unpaired) electrons. The molecular weight excluding hydrogens is 384 g/mol. The van der Waals surface area contributed by atoms with Gasteiger partial charge in [-0.15, -0.1) is 11.3 Å². The molecular formula is C21H20N6OS. The highest BCUT2D eigenvalue weighted by Crippen LogP contribution is 2.27. The van der Waals surface area contributed by atoms with Gasteiger partial charge in [-0.2, -0.15) is 5.10 Å². The van der Waals surface area contributed by atoms with Gasteiger partial charge in [0.15, 0.2) is 0 Å². The van der Waals surface area contributed by atoms with Crippen LogP contribution in [-0.2, 0) is 0 Å². The maximum absolute atomic E-state index is 12.9. The number of aryl methyl sites for hydroxylation is 1. The largest absolute Gasteiger partial charge is 0.352 e. The molecule has 3 aromatic heterocycles. The van der Waals surface area contributed by atoms with E-state index in [4.69, 9.17) is 0 Å². The number of rotatable bonds is 3. The molecule has 7 nitrogen and oxygen atoms in total. The normalized spacial score (nSPS) is 14.5. The lowest BCUT2D eigenvalue weighted by molar-refractivity contribution is 0.0746. The molecule has 4 heterocycles. The van der Waals surface area contributed by atoms with Crippen LogP contribution in [-0.4, -0.2) is 56.7 Å². The third-order valence-electron chi connectivity index (χ3n) is 5.20. The van der Waals surface area contributed by atoms with Gasteiger partial charge < -0.3 is 9.80 Å². The Hall–Kier alpha value is -3.26. The average Bonchev–Trinajstić information content (AvgIpc) is 3.42. The summed E-state index contributed by atoms with van der Waals surface area (Å²) in [5.74, 6) is 1.03. The quantitative estimate of drug-likeness (QED) is 0.525. The topological polar surface area (TPSA) is 67.2 Å². The van der Waals surface area contributed by atoms with E-state index in [-0.39, 0.29) is 5.91 Å². The fourth-order valence-electron chi connectivity index (χ4n) is 3.64. The maximum Gasteiger partial charge on any atom is 0.253 e. The first kappa shape index (κ1) is 17.8. The minimum Gasteiger partial charge on any atom is -0.352 e. The minimum atomic E-state index is 0.0659. The van der Waals surface area contributed by atoms with E-state index in [9.17, 15) is 4.79 Å². The molecule has 29 heavy (non-hydrogen) atoms. The Morgan fingerprint density at radius 2 is 1.83 bits per heavy atom. The Labute approximate surface area is 172 Å². The van der Waals surface area contributed by atoms with Gasteiger partial charge in [-0.1, -0.05) is 0 Å². The first-order valence-electron chi connectivity index (χ1n) is 9.53. The fraction of sp³-hybridized carbons (Fsp3) is 0.238. The molecule has 1 aliphatic rings. The molecule has 1 aromatic carbocycles. The molecule has 5 rings (SSSR count). The summed E-state index contributed by atoms with van der Waals surface area (Å²) in [7, 11) is 0. The number of thiophene rings is 1. The lowest BCUT2D eigenvalue weighted by Gasteiger charge is -2.35. The van der Waals surface area contributed by atoms with Crippen LogP contribution in [0.3, 0.4) is 0 Å². The van der Waals surface area contributed by atoms with Gasteiger partial charge in [-0.25, -0.2) is 14.6 Å². The molecule has 0 unspecified atom stereocenters. The predicted molar refractivity (Wildman–Crippen MR) is 114 cm³/mol. The van der Waals surface area contributed by atoms with Crippen molar-refractivity contribution in [3.05, 3.63) is 65.6 Å². The number of hydrogen-bond acceptors (Lipinski definition) is 6. The van der Waals surface area contributed by atoms with Gasteiger partial charge in [0, 0.05) is 37.9 Å². The molecule has 1 saturated heterocycles. The zero-order valence-corrected chi connectivity index (χ0v) is 16.8. The van der Waals surface area contributed by atoms with Crippen LogP contribution in [0.2, 0.25) is 0 Å². The number of benzene rings is 1. The standard InChI is InChI=1S/C21H20N6OS/c1-15-12-24-27(13-15)17-4-2-16(3-5-17)21(28)26-9-7-25(8-10-26)19-18-6-11-29-20(18)23-14-22-19/h2-6,11-14H,7-10H2,1H3. The van der Waals surface area contributed by atoms with Gasteiger partial charge in [0.05, 0.1) is 17.3 Å². The van der Waals surface area contributed by atoms with Crippen molar-refractivity contribution in [3.8, 4) is 5.69 Å². The van der Waals surface area contributed by atoms with E-state index in [1.165, 1.54) is 0 Å². The van der Waals surface area contributed by atoms with Crippen LogP contribution in [0.5, 0.6) is 0 Å². The molecule has 0 N–H and O–H groups in total. The molecule has 1 amide bonds. The van der Waals surface area contributed by atoms with Crippen LogP contribution in [0.25, 0.3) is 15.9 Å². The van der Waals surface area contributed by atoms with E-state index in [1.807, 2.05) is 58.5 Å². The summed E-state index contributed by atoms with van der Waals surface area (Å²) in [6, 6.07) is 9.69. The molecule has 146 valence electrons. The van der Waals surface area contributed by atoms with Crippen molar-refractivity contribution in [1.29, 1.82) is 0 Å². The molecule has 1 aliphatic heterocycles. The fourth-order valence-corrected chi connectivity index (χ4v) is 4.37. The molecule has 0 saturated carbocycles. The molecule has 0 spiro atoms. The van der Waals surface area contributed by atoms with E-state index in [0.29, 0.717) is 18.7 Å². The zero-order chi connectivity index (χ0) is 19.8. The van der Waals surface area contributed by atoms with E-state index in [2.05, 4.69) is 26.0 Å². The molecule has 8 heteroatoms. The average molecular weight is 404 g/mol. The first-order chi connectivity index (χ1) is 14.2. The Kier molecular flexibility index (Phi) is 4.48. The maximum atomic E-state index is 12.9. The van der Waals surface area contributed by atoms with Crippen molar-refractivity contribution in [2.45, 2.75) is 6.92 Å². The van der Waals surface area contributed by atoms with Gasteiger partial charge in [0.2, 0.25) is 0 Å². The molecule has 4 aromatic rings. The van der Waals surface area contributed by atoms with Crippen molar-refractivity contribution in [3.63, 3.8) is 0 Å². The van der Waals surface area contributed by atoms with Crippen LogP contribution in [0, 0.1) is 6.92 Å². The summed E-state index contributed by atoms with van der Waals surface area (Å²) >= 11 is 1.62. The summed E-state index contributed by atoms with van der Waals surface area (Å²) in [6.45, 7) is 4.88. The van der Waals surface area contributed by atoms with E-state index >= 15 is 0 Å². The summed E-state index contributed by atoms with van der Waals surface area (Å²) in [4.78, 5) is 26.9. The zero-order valence-electron chi connectivity index (χ0n) is 16.0. The van der Waals surface area contributed by atoms with Gasteiger partial charge in [0.25, 0.3) is 5.91 Å². The number of amides is 1. The third kappa shape index (κ3) is 3.36. The minimum absolute atomic E-state index is 0.0659. The second-order valence-electron chi connectivity index (χ2n) is 7.13. The lowest BCUT2D eigenvalue weighted by Crippen LogP contribution is -2.49. The molecule has 0 atom stereocenters. The van der Waals surface area contributed by atoms with Gasteiger partial charge in [-0.05, 0) is 48.2 Å². The van der Waals surface area contributed by atoms with Crippen LogP contribution in [0.1, 0.15) is 15.9 Å². The van der Waals surface area contributed by atoms with Crippen LogP contribution in [0.15, 0.2) is 54.4 Å². The Bertz CT molecular complexity index is 1160. The van der Waals surface area contributed by atoms with Crippen molar-refractivity contribution in [2.24, 2.45) is 0 Å². The Balaban J connectivity index is 1.27. The highest BCUT2D eigenvalue weighted by molar-refractivity contribution is 7.16. The van der Waals surface area contributed by atoms with Crippen LogP contribution in [0.4, 0.5) is 5.82 Å². The van der Waals surface area contributed by atoms with Crippen molar-refractivity contribution in [1.82, 2.24) is 24.6 Å². The second-order valence-corrected chi connectivity index (χ2v) is 8.02. The number of hydrogen-bond donors (Lipinski definition) is 0. The van der Waals surface area contributed by atoms with E-state index < -0.39 is 0 Å². The van der Waals surface area contributed by atoms with Gasteiger partial charge in [0.1, 0.15) is 17.0 Å². The summed E-state index contributed by atoms with van der Waals surface area (Å²) in [5, 5.41) is 7.43. The SMILES string of the molecule is Cc1cnn(-c2ccc(C(=O)N3CCN(c4ncnc5sccc45)CC3)cc2)c1. The molecule has 1 fully saturated rings. The molecule has 0 bridgehead atoms. The number of anilines is 1. The van der Waals surface area contributed by atoms with Crippen LogP contribution < -0.4 is 4.90 Å². The van der Waals surface area contributed by atoms with Crippen LogP contribution >= 0.6 is 11.3 Å². The lowest BCUT2D eigenvalue weighted by atomic mass is 10.1. The van der Waals surface area contributed by atoms with E-state index in [1.54, 1.807) is 17.7 Å². The van der Waals surface area contributed by atoms with Gasteiger partial charge in [-0.3, -0.25) is 4.79 Å². The van der Waals surface area contributed by atoms with E-state index in [0.717, 1.165) is 40.4 Å². The number of nitrogens with zero attached hydrogens (tertiary/aromatic N) is 6. The van der Waals surface area contributed by atoms with Crippen molar-refractivity contribution in [2.75, 3.05) is 31.1 Å². The summed E-state index contributed by atoms with van der Waals surface area (Å²) in [6.07, 6.45) is 5.40. The number of aromatic nitrogens is 4. The smallest absolute Gasteiger partial charge is 0.253 e. The Morgan fingerprint density at radius 1 is 1.03 bits per heavy atom. The van der Waals surface area contributed by atoms with Crippen molar-refractivity contribution < 1.29 is 4.79 Å². The number of carbonyl (C=O) groups excluding carboxylic acids is 1. The summed E-state index contributed by atoms with van der Waals surface area (Å²) in [5.41, 5.74) is 2.75. The number of carbonyl (C=O) groups is 1. The number of piperazine rings is 1. The monoisotopic (exact) mass is 404 g/mol. The highest BCUT2D eigenvalue weighted by Gasteiger charge is 2.24. The Morgan fingerprint density at radius 3 is 2.55 bits per heavy atom. The van der Waals surface area contributed by atoms with Gasteiger partial charge >= 0.3 is 0 Å². The third-order valence-corrected chi connectivity index (χ3v) is 6.02. The number of fused-ring (bicyclic) bond motifs is 1. The first-order valence-corrected chi connectivity index (χ1v) is 10.4. The highest BCUT2D eigenvalue weighted by atomic mass is 32.1. The summed E-state index contributed by atoms with van der Waals surface area (Å²) < 4.78 is 1.81. The van der Waals surface area contributed by atoms with Crippen molar-refractivity contribution >= 4 is 33.3 Å². The molecule has 0 aliphatic carbocycles. The second kappa shape index (κ2) is 7.29. The predicted octanol–water partition coefficient (Wildman–Crippen LogP) is 3.15.